The minimum atomic E-state index is -1.04. The van der Waals surface area contributed by atoms with E-state index in [2.05, 4.69) is 10.6 Å². The zero-order valence-corrected chi connectivity index (χ0v) is 16.4. The molecule has 0 fully saturated rings. The van der Waals surface area contributed by atoms with E-state index in [-0.39, 0.29) is 25.9 Å². The Bertz CT molecular complexity index is 520. The lowest BCUT2D eigenvalue weighted by atomic mass is 10.1. The third-order valence-electron chi connectivity index (χ3n) is 2.72. The summed E-state index contributed by atoms with van der Waals surface area (Å²) in [5.41, 5.74) is 3.74. The van der Waals surface area contributed by atoms with E-state index in [9.17, 15) is 19.2 Å². The molecule has 0 bridgehead atoms. The van der Waals surface area contributed by atoms with Crippen LogP contribution in [0.1, 0.15) is 54.4 Å². The van der Waals surface area contributed by atoms with Crippen LogP contribution in [-0.4, -0.2) is 54.1 Å². The fourth-order valence-electron chi connectivity index (χ4n) is 1.77. The van der Waals surface area contributed by atoms with Crippen LogP contribution < -0.4 is 16.4 Å². The molecule has 0 aliphatic carbocycles. The molecule has 0 aromatic carbocycles. The fourth-order valence-corrected chi connectivity index (χ4v) is 1.77. The molecule has 9 nitrogen and oxygen atoms in total. The first-order valence-corrected chi connectivity index (χ1v) is 8.44. The third kappa shape index (κ3) is 12.2. The van der Waals surface area contributed by atoms with E-state index in [1.165, 1.54) is 0 Å². The highest BCUT2D eigenvalue weighted by atomic mass is 16.6. The van der Waals surface area contributed by atoms with Crippen molar-refractivity contribution in [3.8, 4) is 0 Å². The highest BCUT2D eigenvalue weighted by Gasteiger charge is 2.28. The molecule has 150 valence electrons. The summed E-state index contributed by atoms with van der Waals surface area (Å²) in [6, 6.07) is -1.04. The number of nitrogens with one attached hydrogen (secondary N) is 2. The Balaban J connectivity index is 4.84. The molecule has 0 aliphatic rings. The zero-order valence-electron chi connectivity index (χ0n) is 16.4. The molecule has 0 aromatic rings. The van der Waals surface area contributed by atoms with E-state index in [0.29, 0.717) is 0 Å². The highest BCUT2D eigenvalue weighted by Crippen LogP contribution is 2.13. The van der Waals surface area contributed by atoms with Gasteiger partial charge >= 0.3 is 11.9 Å². The standard InChI is InChI=1S/C17H31N3O6/c1-16(2,3)25-14(23)8-7-11(15(24)26-17(4,5)6)20-13(22)10-19-12(21)9-18/h11H,7-10,18H2,1-6H3,(H,19,21)(H,20,22)/t11-/m0/s1. The second kappa shape index (κ2) is 10.1. The van der Waals surface area contributed by atoms with Crippen molar-refractivity contribution in [3.63, 3.8) is 0 Å². The average molecular weight is 373 g/mol. The number of hydrogen-bond acceptors (Lipinski definition) is 7. The molecule has 1 atom stereocenters. The maximum Gasteiger partial charge on any atom is 0.329 e. The predicted octanol–water partition coefficient (Wildman–Crippen LogP) is 0.00970. The number of rotatable bonds is 8. The fraction of sp³-hybridized carbons (Fsp3) is 0.765. The summed E-state index contributed by atoms with van der Waals surface area (Å²) >= 11 is 0. The summed E-state index contributed by atoms with van der Waals surface area (Å²) in [6.07, 6.45) is -0.0585. The second-order valence-corrected chi connectivity index (χ2v) is 7.76. The van der Waals surface area contributed by atoms with E-state index in [0.717, 1.165) is 0 Å². The normalized spacial score (nSPS) is 12.7. The molecule has 0 saturated heterocycles. The summed E-state index contributed by atoms with van der Waals surface area (Å²) in [4.78, 5) is 47.2. The number of hydrogen-bond donors (Lipinski definition) is 3. The van der Waals surface area contributed by atoms with E-state index < -0.39 is 41.0 Å². The van der Waals surface area contributed by atoms with Crippen molar-refractivity contribution < 1.29 is 28.7 Å². The lowest BCUT2D eigenvalue weighted by Crippen LogP contribution is -2.48. The van der Waals surface area contributed by atoms with Gasteiger partial charge < -0.3 is 25.8 Å². The van der Waals surface area contributed by atoms with E-state index in [4.69, 9.17) is 15.2 Å². The van der Waals surface area contributed by atoms with E-state index >= 15 is 0 Å². The Kier molecular flexibility index (Phi) is 9.26. The second-order valence-electron chi connectivity index (χ2n) is 7.76. The molecular formula is C17H31N3O6. The number of ether oxygens (including phenoxy) is 2. The Labute approximate surface area is 154 Å². The average Bonchev–Trinajstić information content (AvgIpc) is 2.45. The maximum atomic E-state index is 12.3. The van der Waals surface area contributed by atoms with Crippen molar-refractivity contribution in [1.82, 2.24) is 10.6 Å². The molecule has 0 rings (SSSR count). The van der Waals surface area contributed by atoms with Gasteiger partial charge in [-0.15, -0.1) is 0 Å². The molecule has 4 N–H and O–H groups in total. The molecule has 26 heavy (non-hydrogen) atoms. The Morgan fingerprint density at radius 1 is 0.923 bits per heavy atom. The molecule has 0 heterocycles. The van der Waals surface area contributed by atoms with Gasteiger partial charge in [-0.05, 0) is 48.0 Å². The Morgan fingerprint density at radius 3 is 1.92 bits per heavy atom. The Hall–Kier alpha value is -2.16. The van der Waals surface area contributed by atoms with Crippen LogP contribution in [0.3, 0.4) is 0 Å². The minimum Gasteiger partial charge on any atom is -0.460 e. The lowest BCUT2D eigenvalue weighted by Gasteiger charge is -2.25. The van der Waals surface area contributed by atoms with Gasteiger partial charge in [-0.25, -0.2) is 4.79 Å². The summed E-state index contributed by atoms with van der Waals surface area (Å²) in [5.74, 6) is -2.24. The van der Waals surface area contributed by atoms with Crippen LogP contribution in [0.4, 0.5) is 0 Å². The topological polar surface area (TPSA) is 137 Å². The summed E-state index contributed by atoms with van der Waals surface area (Å²) < 4.78 is 10.5. The van der Waals surface area contributed by atoms with E-state index in [1.807, 2.05) is 0 Å². The minimum absolute atomic E-state index is 0.0143. The Morgan fingerprint density at radius 2 is 1.46 bits per heavy atom. The van der Waals surface area contributed by atoms with Crippen molar-refractivity contribution in [2.75, 3.05) is 13.1 Å². The maximum absolute atomic E-state index is 12.3. The molecule has 0 saturated carbocycles. The van der Waals surface area contributed by atoms with Crippen LogP contribution in [0, 0.1) is 0 Å². The van der Waals surface area contributed by atoms with Crippen molar-refractivity contribution in [1.29, 1.82) is 0 Å². The van der Waals surface area contributed by atoms with Crippen molar-refractivity contribution >= 4 is 23.8 Å². The van der Waals surface area contributed by atoms with Gasteiger partial charge in [0.25, 0.3) is 0 Å². The molecule has 0 spiro atoms. The molecule has 9 heteroatoms. The highest BCUT2D eigenvalue weighted by molar-refractivity contribution is 5.89. The van der Waals surface area contributed by atoms with Gasteiger partial charge in [-0.3, -0.25) is 14.4 Å². The van der Waals surface area contributed by atoms with Crippen molar-refractivity contribution in [2.24, 2.45) is 5.73 Å². The van der Waals surface area contributed by atoms with Crippen LogP contribution in [0.5, 0.6) is 0 Å². The number of nitrogens with two attached hydrogens (primary N) is 1. The van der Waals surface area contributed by atoms with Gasteiger partial charge in [0.15, 0.2) is 0 Å². The largest absolute Gasteiger partial charge is 0.460 e. The number of carbonyl (C=O) groups is 4. The number of carbonyl (C=O) groups excluding carboxylic acids is 4. The molecule has 0 aliphatic heterocycles. The van der Waals surface area contributed by atoms with Crippen molar-refractivity contribution in [3.05, 3.63) is 0 Å². The quantitative estimate of drug-likeness (QED) is 0.510. The van der Waals surface area contributed by atoms with Gasteiger partial charge in [-0.1, -0.05) is 0 Å². The van der Waals surface area contributed by atoms with Crippen LogP contribution in [0.15, 0.2) is 0 Å². The molecule has 0 radical (unpaired) electrons. The van der Waals surface area contributed by atoms with Gasteiger partial charge in [0, 0.05) is 6.42 Å². The summed E-state index contributed by atoms with van der Waals surface area (Å²) in [7, 11) is 0. The third-order valence-corrected chi connectivity index (χ3v) is 2.72. The first-order valence-electron chi connectivity index (χ1n) is 8.44. The molecule has 0 unspecified atom stereocenters. The molecular weight excluding hydrogens is 342 g/mol. The molecule has 0 aromatic heterocycles. The van der Waals surface area contributed by atoms with Crippen LogP contribution in [0.2, 0.25) is 0 Å². The SMILES string of the molecule is CC(C)(C)OC(=O)CC[C@H](NC(=O)CNC(=O)CN)C(=O)OC(C)(C)C. The van der Waals surface area contributed by atoms with Crippen LogP contribution in [0.25, 0.3) is 0 Å². The van der Waals surface area contributed by atoms with Crippen LogP contribution in [-0.2, 0) is 28.7 Å². The van der Waals surface area contributed by atoms with Gasteiger partial charge in [0.05, 0.1) is 13.1 Å². The molecule has 2 amide bonds. The number of amides is 2. The first-order chi connectivity index (χ1) is 11.7. The monoisotopic (exact) mass is 373 g/mol. The van der Waals surface area contributed by atoms with Crippen molar-refractivity contribution in [2.45, 2.75) is 71.6 Å². The summed E-state index contributed by atoms with van der Waals surface area (Å²) in [5, 5.41) is 4.76. The number of esters is 2. The lowest BCUT2D eigenvalue weighted by molar-refractivity contribution is -0.160. The van der Waals surface area contributed by atoms with E-state index in [1.54, 1.807) is 41.5 Å². The summed E-state index contributed by atoms with van der Waals surface area (Å²) in [6.45, 7) is 9.70. The zero-order chi connectivity index (χ0) is 20.5. The predicted molar refractivity (Wildman–Crippen MR) is 94.9 cm³/mol. The first kappa shape index (κ1) is 23.8. The van der Waals surface area contributed by atoms with Gasteiger partial charge in [0.2, 0.25) is 11.8 Å². The van der Waals surface area contributed by atoms with Crippen LogP contribution >= 0.6 is 0 Å². The van der Waals surface area contributed by atoms with Gasteiger partial charge in [-0.2, -0.15) is 0 Å². The smallest absolute Gasteiger partial charge is 0.329 e. The van der Waals surface area contributed by atoms with Gasteiger partial charge in [0.1, 0.15) is 17.2 Å².